The first-order chi connectivity index (χ1) is 19.0. The third-order valence-electron chi connectivity index (χ3n) is 5.94. The summed E-state index contributed by atoms with van der Waals surface area (Å²) >= 11 is 4.19. The zero-order chi connectivity index (χ0) is 29.3. The molecule has 3 aromatic rings. The van der Waals surface area contributed by atoms with E-state index >= 15 is 0 Å². The number of halogens is 1. The number of carbonyl (C=O) groups is 1. The molecule has 0 fully saturated rings. The largest absolute Gasteiger partial charge is 0.501 e. The summed E-state index contributed by atoms with van der Waals surface area (Å²) in [4.78, 5) is 42.5. The van der Waals surface area contributed by atoms with Crippen LogP contribution >= 0.6 is 27.3 Å². The molecular weight excluding hydrogens is 606 g/mol. The van der Waals surface area contributed by atoms with Crippen LogP contribution in [0.3, 0.4) is 0 Å². The topological polar surface area (TPSA) is 142 Å². The van der Waals surface area contributed by atoms with Crippen LogP contribution in [0.5, 0.6) is 17.2 Å². The van der Waals surface area contributed by atoms with Crippen molar-refractivity contribution in [3.8, 4) is 17.2 Å². The minimum absolute atomic E-state index is 0.106. The molecule has 1 atom stereocenters. The number of nitrogens with zero attached hydrogens (tertiary/aromatic N) is 3. The normalized spacial score (nSPS) is 15.1. The van der Waals surface area contributed by atoms with Gasteiger partial charge < -0.3 is 19.3 Å². The number of phenolic OH excluding ortho intramolecular Hbond substituents is 1. The van der Waals surface area contributed by atoms with Gasteiger partial charge in [0.1, 0.15) is 0 Å². The maximum atomic E-state index is 13.8. The summed E-state index contributed by atoms with van der Waals surface area (Å²) in [5, 5.41) is 21.4. The van der Waals surface area contributed by atoms with Gasteiger partial charge in [0.15, 0.2) is 16.3 Å². The van der Waals surface area contributed by atoms with Crippen molar-refractivity contribution in [1.29, 1.82) is 0 Å². The summed E-state index contributed by atoms with van der Waals surface area (Å²) in [6.45, 7) is 7.26. The number of phenols is 1. The van der Waals surface area contributed by atoms with E-state index in [-0.39, 0.29) is 27.3 Å². The Morgan fingerprint density at radius 1 is 1.30 bits per heavy atom. The van der Waals surface area contributed by atoms with Crippen molar-refractivity contribution in [3.63, 3.8) is 0 Å². The molecule has 1 aromatic heterocycles. The van der Waals surface area contributed by atoms with Crippen molar-refractivity contribution >= 4 is 45.0 Å². The number of nitro benzene ring substituents is 1. The number of methoxy groups -OCH3 is 1. The number of benzene rings is 2. The van der Waals surface area contributed by atoms with Gasteiger partial charge in [-0.25, -0.2) is 9.79 Å². The van der Waals surface area contributed by atoms with Crippen molar-refractivity contribution in [2.45, 2.75) is 39.8 Å². The van der Waals surface area contributed by atoms with Crippen LogP contribution in [0.1, 0.15) is 44.9 Å². The summed E-state index contributed by atoms with van der Waals surface area (Å²) in [5.74, 6) is -0.196. The number of rotatable bonds is 8. The molecule has 0 unspecified atom stereocenters. The number of aromatic hydroxyl groups is 1. The highest BCUT2D eigenvalue weighted by atomic mass is 79.9. The number of hydrogen-bond donors (Lipinski definition) is 1. The number of carbonyl (C=O) groups excluding carboxylic acids is 1. The van der Waals surface area contributed by atoms with Gasteiger partial charge in [0.2, 0.25) is 5.75 Å². The molecule has 13 heteroatoms. The number of allylic oxidation sites excluding steroid dienone is 1. The van der Waals surface area contributed by atoms with E-state index in [0.29, 0.717) is 33.1 Å². The highest BCUT2D eigenvalue weighted by Crippen LogP contribution is 2.37. The number of fused-ring (bicyclic) bond motifs is 1. The van der Waals surface area contributed by atoms with Crippen molar-refractivity contribution in [1.82, 2.24) is 4.57 Å². The monoisotopic (exact) mass is 631 g/mol. The molecule has 0 aliphatic carbocycles. The molecule has 0 radical (unpaired) electrons. The van der Waals surface area contributed by atoms with Crippen molar-refractivity contribution in [2.75, 3.05) is 13.7 Å². The van der Waals surface area contributed by atoms with Gasteiger partial charge in [0, 0.05) is 6.07 Å². The number of nitro groups is 1. The van der Waals surface area contributed by atoms with Gasteiger partial charge in [-0.15, -0.1) is 0 Å². The molecule has 40 heavy (non-hydrogen) atoms. The third-order valence-corrected chi connectivity index (χ3v) is 7.53. The smallest absolute Gasteiger partial charge is 0.338 e. The van der Waals surface area contributed by atoms with Gasteiger partial charge in [-0.1, -0.05) is 17.4 Å². The van der Waals surface area contributed by atoms with Crippen LogP contribution in [-0.2, 0) is 9.53 Å². The maximum Gasteiger partial charge on any atom is 0.338 e. The van der Waals surface area contributed by atoms with E-state index in [9.17, 15) is 24.8 Å². The second-order valence-corrected chi connectivity index (χ2v) is 10.9. The Balaban J connectivity index is 1.96. The fraction of sp³-hybridized carbons (Fsp3) is 0.296. The van der Waals surface area contributed by atoms with Crippen LogP contribution in [0.2, 0.25) is 0 Å². The summed E-state index contributed by atoms with van der Waals surface area (Å²) in [6, 6.07) is 6.92. The molecule has 0 bridgehead atoms. The Bertz CT molecular complexity index is 1720. The van der Waals surface area contributed by atoms with E-state index in [1.54, 1.807) is 32.0 Å². The minimum atomic E-state index is -0.889. The summed E-state index contributed by atoms with van der Waals surface area (Å²) in [5.41, 5.74) is 0.500. The molecule has 1 N–H and O–H groups in total. The highest BCUT2D eigenvalue weighted by Gasteiger charge is 2.34. The van der Waals surface area contributed by atoms with Gasteiger partial charge in [0.25, 0.3) is 5.56 Å². The summed E-state index contributed by atoms with van der Waals surface area (Å²) in [6.07, 6.45) is 1.37. The summed E-state index contributed by atoms with van der Waals surface area (Å²) < 4.78 is 18.4. The van der Waals surface area contributed by atoms with Crippen molar-refractivity contribution in [3.05, 3.63) is 87.0 Å². The van der Waals surface area contributed by atoms with Crippen LogP contribution in [0.4, 0.5) is 5.69 Å². The number of ether oxygens (including phenoxy) is 3. The van der Waals surface area contributed by atoms with Crippen LogP contribution in [-0.4, -0.2) is 40.4 Å². The molecule has 2 aromatic carbocycles. The van der Waals surface area contributed by atoms with Gasteiger partial charge in [-0.3, -0.25) is 19.5 Å². The molecule has 0 saturated carbocycles. The van der Waals surface area contributed by atoms with Crippen LogP contribution < -0.4 is 24.4 Å². The zero-order valence-corrected chi connectivity index (χ0v) is 24.7. The van der Waals surface area contributed by atoms with Gasteiger partial charge in [-0.2, -0.15) is 0 Å². The van der Waals surface area contributed by atoms with Crippen molar-refractivity contribution in [2.24, 2.45) is 4.99 Å². The third kappa shape index (κ3) is 5.52. The lowest BCUT2D eigenvalue weighted by atomic mass is 9.95. The Kier molecular flexibility index (Phi) is 8.45. The van der Waals surface area contributed by atoms with Gasteiger partial charge in [-0.05, 0) is 79.0 Å². The molecule has 0 saturated heterocycles. The Labute approximate surface area is 240 Å². The standard InChI is InChI=1S/C27H26BrN3O8S/c1-6-38-26(34)22-14(4)29-27-30(23(22)16-7-8-19(39-13(2)3)20(12-16)37-5)25(33)21(40-27)11-15-9-17(28)24(32)18(10-15)31(35)36/h7-13,23,32H,6H2,1-5H3/b21-11-/t23-/m1/s1. The van der Waals surface area contributed by atoms with E-state index in [0.717, 1.165) is 11.3 Å². The number of thiazole rings is 1. The molecule has 1 aliphatic heterocycles. The quantitative estimate of drug-likeness (QED) is 0.223. The number of esters is 1. The predicted molar refractivity (Wildman–Crippen MR) is 152 cm³/mol. The van der Waals surface area contributed by atoms with Crippen LogP contribution in [0.15, 0.2) is 55.9 Å². The second kappa shape index (κ2) is 11.6. The van der Waals surface area contributed by atoms with E-state index in [1.807, 2.05) is 13.8 Å². The molecule has 0 spiro atoms. The average Bonchev–Trinajstić information content (AvgIpc) is 3.19. The van der Waals surface area contributed by atoms with Gasteiger partial charge >= 0.3 is 11.7 Å². The van der Waals surface area contributed by atoms with Crippen molar-refractivity contribution < 1.29 is 29.0 Å². The lowest BCUT2D eigenvalue weighted by Gasteiger charge is -2.25. The van der Waals surface area contributed by atoms with E-state index in [1.165, 1.54) is 29.9 Å². The SMILES string of the molecule is CCOC(=O)C1=C(C)N=c2s/c(=C\c3cc(Br)c(O)c([N+](=O)[O-])c3)c(=O)n2[C@@H]1c1ccc(OC(C)C)c(OC)c1. The predicted octanol–water partition coefficient (Wildman–Crippen LogP) is 3.97. The lowest BCUT2D eigenvalue weighted by molar-refractivity contribution is -0.386. The minimum Gasteiger partial charge on any atom is -0.501 e. The molecule has 11 nitrogen and oxygen atoms in total. The molecule has 1 aliphatic rings. The average molecular weight is 632 g/mol. The lowest BCUT2D eigenvalue weighted by Crippen LogP contribution is -2.40. The Morgan fingerprint density at radius 2 is 2.02 bits per heavy atom. The molecule has 0 amide bonds. The van der Waals surface area contributed by atoms with Crippen LogP contribution in [0.25, 0.3) is 6.08 Å². The second-order valence-electron chi connectivity index (χ2n) is 9.01. The molecule has 4 rings (SSSR count). The van der Waals surface area contributed by atoms with E-state index < -0.39 is 33.9 Å². The first-order valence-electron chi connectivity index (χ1n) is 12.2. The fourth-order valence-electron chi connectivity index (χ4n) is 4.29. The molecular formula is C27H26BrN3O8S. The number of aromatic nitrogens is 1. The Hall–Kier alpha value is -3.97. The van der Waals surface area contributed by atoms with E-state index in [4.69, 9.17) is 14.2 Å². The molecule has 2 heterocycles. The first kappa shape index (κ1) is 29.0. The molecule has 210 valence electrons. The highest BCUT2D eigenvalue weighted by molar-refractivity contribution is 9.10. The number of hydrogen-bond acceptors (Lipinski definition) is 10. The summed E-state index contributed by atoms with van der Waals surface area (Å²) in [7, 11) is 1.50. The Morgan fingerprint density at radius 3 is 2.65 bits per heavy atom. The fourth-order valence-corrected chi connectivity index (χ4v) is 5.81. The van der Waals surface area contributed by atoms with E-state index in [2.05, 4.69) is 20.9 Å². The maximum absolute atomic E-state index is 13.8. The van der Waals surface area contributed by atoms with Crippen LogP contribution in [0, 0.1) is 10.1 Å². The van der Waals surface area contributed by atoms with Gasteiger partial charge in [0.05, 0.1) is 51.1 Å². The first-order valence-corrected chi connectivity index (χ1v) is 13.8. The zero-order valence-electron chi connectivity index (χ0n) is 22.3.